The number of hydrogen-bond donors (Lipinski definition) is 1. The maximum absolute atomic E-state index is 13.2. The molecule has 7 heteroatoms. The highest BCUT2D eigenvalue weighted by Gasteiger charge is 2.38. The van der Waals surface area contributed by atoms with Crippen molar-refractivity contribution in [3.63, 3.8) is 0 Å². The molecule has 0 unspecified atom stereocenters. The van der Waals surface area contributed by atoms with Crippen molar-refractivity contribution in [2.24, 2.45) is 11.8 Å². The van der Waals surface area contributed by atoms with Crippen LogP contribution in [0.3, 0.4) is 0 Å². The zero-order valence-corrected chi connectivity index (χ0v) is 20.6. The summed E-state index contributed by atoms with van der Waals surface area (Å²) in [7, 11) is 0. The molecule has 2 fully saturated rings. The fraction of sp³-hybridized carbons (Fsp3) is 0.536. The van der Waals surface area contributed by atoms with E-state index in [4.69, 9.17) is 11.6 Å². The van der Waals surface area contributed by atoms with Gasteiger partial charge in [-0.15, -0.1) is 0 Å². The summed E-state index contributed by atoms with van der Waals surface area (Å²) in [5, 5.41) is 10.1. The average molecular weight is 508 g/mol. The number of benzene rings is 2. The van der Waals surface area contributed by atoms with Crippen LogP contribution in [0.25, 0.3) is 0 Å². The summed E-state index contributed by atoms with van der Waals surface area (Å²) >= 11 is 6.26. The maximum Gasteiger partial charge on any atom is 0.416 e. The summed E-state index contributed by atoms with van der Waals surface area (Å²) in [6.07, 6.45) is 2.91. The Balaban J connectivity index is 1.64. The molecule has 1 N–H and O–H groups in total. The van der Waals surface area contributed by atoms with Crippen LogP contribution in [0.1, 0.15) is 74.0 Å². The van der Waals surface area contributed by atoms with Gasteiger partial charge in [-0.1, -0.05) is 48.7 Å². The molecule has 3 nitrogen and oxygen atoms in total. The number of hydrogen-bond acceptors (Lipinski definition) is 2. The second-order valence-corrected chi connectivity index (χ2v) is 10.7. The van der Waals surface area contributed by atoms with Gasteiger partial charge in [0.15, 0.2) is 0 Å². The van der Waals surface area contributed by atoms with Crippen molar-refractivity contribution in [2.75, 3.05) is 6.54 Å². The van der Waals surface area contributed by atoms with Gasteiger partial charge in [0.25, 0.3) is 0 Å². The molecule has 2 aromatic rings. The zero-order valence-electron chi connectivity index (χ0n) is 19.8. The molecule has 0 heterocycles. The Morgan fingerprint density at radius 3 is 2.34 bits per heavy atom. The molecular weight excluding hydrogens is 475 g/mol. The van der Waals surface area contributed by atoms with Crippen molar-refractivity contribution < 1.29 is 23.1 Å². The van der Waals surface area contributed by atoms with E-state index in [-0.39, 0.29) is 24.3 Å². The van der Waals surface area contributed by atoms with Crippen LogP contribution in [0, 0.1) is 11.8 Å². The number of carbonyl (C=O) groups is 1. The van der Waals surface area contributed by atoms with Crippen LogP contribution >= 0.6 is 11.6 Å². The first-order valence-corrected chi connectivity index (χ1v) is 12.9. The molecule has 2 aliphatic rings. The molecule has 2 aromatic carbocycles. The number of carboxylic acid groups (broad SMARTS) is 1. The number of nitrogens with zero attached hydrogens (tertiary/aromatic N) is 1. The van der Waals surface area contributed by atoms with Crippen molar-refractivity contribution in [2.45, 2.75) is 76.0 Å². The molecule has 0 radical (unpaired) electrons. The van der Waals surface area contributed by atoms with Crippen LogP contribution in [-0.4, -0.2) is 28.6 Å². The Bertz CT molecular complexity index is 988. The van der Waals surface area contributed by atoms with Crippen LogP contribution in [-0.2, 0) is 17.5 Å². The predicted molar refractivity (Wildman–Crippen MR) is 131 cm³/mol. The highest BCUT2D eigenvalue weighted by molar-refractivity contribution is 6.30. The Labute approximate surface area is 210 Å². The number of rotatable bonds is 8. The summed E-state index contributed by atoms with van der Waals surface area (Å²) in [5.74, 6) is -0.202. The molecule has 0 aliphatic heterocycles. The van der Waals surface area contributed by atoms with E-state index in [1.807, 2.05) is 18.2 Å². The van der Waals surface area contributed by atoms with Gasteiger partial charge >= 0.3 is 12.1 Å². The fourth-order valence-electron chi connectivity index (χ4n) is 6.10. The first-order valence-electron chi connectivity index (χ1n) is 12.6. The first-order chi connectivity index (χ1) is 16.7. The Kier molecular flexibility index (Phi) is 8.43. The molecule has 4 rings (SSSR count). The third-order valence-electron chi connectivity index (χ3n) is 7.76. The monoisotopic (exact) mass is 507 g/mol. The molecule has 0 saturated heterocycles. The lowest BCUT2D eigenvalue weighted by molar-refractivity contribution is -0.139. The lowest BCUT2D eigenvalue weighted by atomic mass is 9.72. The molecule has 2 aliphatic carbocycles. The molecule has 0 bridgehead atoms. The van der Waals surface area contributed by atoms with Crippen molar-refractivity contribution in [3.8, 4) is 0 Å². The fourth-order valence-corrected chi connectivity index (χ4v) is 6.31. The van der Waals surface area contributed by atoms with Crippen LogP contribution in [0.2, 0.25) is 5.02 Å². The van der Waals surface area contributed by atoms with Gasteiger partial charge in [0.05, 0.1) is 5.56 Å². The van der Waals surface area contributed by atoms with E-state index >= 15 is 0 Å². The van der Waals surface area contributed by atoms with Gasteiger partial charge in [-0.2, -0.15) is 13.2 Å². The maximum atomic E-state index is 13.2. The quantitative estimate of drug-likeness (QED) is 0.396. The van der Waals surface area contributed by atoms with Gasteiger partial charge in [-0.05, 0) is 85.3 Å². The van der Waals surface area contributed by atoms with Gasteiger partial charge in [-0.3, -0.25) is 9.69 Å². The van der Waals surface area contributed by atoms with Crippen LogP contribution < -0.4 is 0 Å². The number of carboxylic acids is 1. The van der Waals surface area contributed by atoms with Gasteiger partial charge in [0, 0.05) is 30.6 Å². The second-order valence-electron chi connectivity index (χ2n) is 10.3. The van der Waals surface area contributed by atoms with E-state index in [0.717, 1.165) is 49.2 Å². The summed E-state index contributed by atoms with van der Waals surface area (Å²) in [4.78, 5) is 13.9. The first kappa shape index (κ1) is 26.0. The van der Waals surface area contributed by atoms with Crippen LogP contribution in [0.15, 0.2) is 48.5 Å². The molecule has 190 valence electrons. The van der Waals surface area contributed by atoms with Crippen molar-refractivity contribution in [3.05, 3.63) is 70.2 Å². The van der Waals surface area contributed by atoms with Crippen molar-refractivity contribution in [1.82, 2.24) is 4.90 Å². The predicted octanol–water partition coefficient (Wildman–Crippen LogP) is 7.78. The molecule has 0 spiro atoms. The summed E-state index contributed by atoms with van der Waals surface area (Å²) in [5.41, 5.74) is 1.33. The smallest absolute Gasteiger partial charge is 0.416 e. The lowest BCUT2D eigenvalue weighted by Gasteiger charge is -2.44. The third kappa shape index (κ3) is 7.01. The number of halogens is 4. The normalized spacial score (nSPS) is 23.6. The lowest BCUT2D eigenvalue weighted by Crippen LogP contribution is -2.44. The van der Waals surface area contributed by atoms with E-state index in [0.29, 0.717) is 17.4 Å². The molecule has 2 saturated carbocycles. The van der Waals surface area contributed by atoms with Crippen molar-refractivity contribution in [1.29, 1.82) is 0 Å². The largest absolute Gasteiger partial charge is 0.481 e. The Hall–Kier alpha value is -2.05. The van der Waals surface area contributed by atoms with Crippen LogP contribution in [0.5, 0.6) is 0 Å². The molecule has 35 heavy (non-hydrogen) atoms. The zero-order chi connectivity index (χ0) is 25.0. The topological polar surface area (TPSA) is 40.5 Å². The Morgan fingerprint density at radius 1 is 1.00 bits per heavy atom. The Morgan fingerprint density at radius 2 is 1.71 bits per heavy atom. The standard InChI is InChI=1S/C28H33ClF3NO2/c29-24-7-3-6-21(14-24)18-33(17-19-4-1-2-5-19)26-13-8-20(16-27(34)35)15-25(26)22-9-11-23(12-10-22)28(30,31)32/h3,6-7,9-12,14,19-20,25-26H,1-2,4-5,8,13,15-18H2,(H,34,35)/t20-,25+,26-/m1/s1. The summed E-state index contributed by atoms with van der Waals surface area (Å²) in [6.45, 7) is 1.67. The van der Waals surface area contributed by atoms with E-state index < -0.39 is 17.7 Å². The van der Waals surface area contributed by atoms with Gasteiger partial charge in [0.2, 0.25) is 0 Å². The van der Waals surface area contributed by atoms with Gasteiger partial charge < -0.3 is 5.11 Å². The van der Waals surface area contributed by atoms with E-state index in [2.05, 4.69) is 11.0 Å². The average Bonchev–Trinajstić information content (AvgIpc) is 3.31. The van der Waals surface area contributed by atoms with Crippen molar-refractivity contribution >= 4 is 17.6 Å². The SMILES string of the molecule is O=C(O)C[C@@H]1CC[C@@H](N(Cc2cccc(Cl)c2)CC2CCCC2)[C@H](c2ccc(C(F)(F)F)cc2)C1. The summed E-state index contributed by atoms with van der Waals surface area (Å²) in [6, 6.07) is 13.5. The third-order valence-corrected chi connectivity index (χ3v) is 8.00. The highest BCUT2D eigenvalue weighted by atomic mass is 35.5. The minimum Gasteiger partial charge on any atom is -0.481 e. The second kappa shape index (κ2) is 11.3. The van der Waals surface area contributed by atoms with Gasteiger partial charge in [0.1, 0.15) is 0 Å². The molecule has 3 atom stereocenters. The molecular formula is C28H33ClF3NO2. The van der Waals surface area contributed by atoms with E-state index in [9.17, 15) is 23.1 Å². The summed E-state index contributed by atoms with van der Waals surface area (Å²) < 4.78 is 39.6. The minimum absolute atomic E-state index is 0.0176. The van der Waals surface area contributed by atoms with Crippen LogP contribution in [0.4, 0.5) is 13.2 Å². The minimum atomic E-state index is -4.38. The highest BCUT2D eigenvalue weighted by Crippen LogP contribution is 2.42. The van der Waals surface area contributed by atoms with E-state index in [1.165, 1.54) is 25.7 Å². The molecule has 0 aromatic heterocycles. The number of alkyl halides is 3. The van der Waals surface area contributed by atoms with Gasteiger partial charge in [-0.25, -0.2) is 0 Å². The van der Waals surface area contributed by atoms with E-state index in [1.54, 1.807) is 12.1 Å². The number of aliphatic carboxylic acids is 1. The molecule has 0 amide bonds.